The molecule has 0 aromatic carbocycles. The van der Waals surface area contributed by atoms with Crippen molar-refractivity contribution < 1.29 is 8.42 Å². The maximum atomic E-state index is 11.5. The van der Waals surface area contributed by atoms with Gasteiger partial charge < -0.3 is 5.43 Å². The molecule has 1 unspecified atom stereocenters. The Balaban J connectivity index is 2.69. The Morgan fingerprint density at radius 3 is 2.25 bits per heavy atom. The molecule has 1 heterocycles. The van der Waals surface area contributed by atoms with Gasteiger partial charge in [-0.2, -0.15) is 0 Å². The first kappa shape index (κ1) is 13.1. The van der Waals surface area contributed by atoms with Crippen molar-refractivity contribution >= 4 is 9.84 Å². The third kappa shape index (κ3) is 3.27. The number of aromatic nitrogens is 1. The number of hydrogen-bond donors (Lipinski definition) is 1. The van der Waals surface area contributed by atoms with Crippen molar-refractivity contribution in [1.82, 2.24) is 4.68 Å². The molecule has 0 aliphatic rings. The fourth-order valence-corrected chi connectivity index (χ4v) is 2.70. The SMILES string of the molecule is CCS(=O)(=O)CC(C)Nn1c(C)ccc1C. The van der Waals surface area contributed by atoms with Gasteiger partial charge in [0.15, 0.2) is 9.84 Å². The second-order valence-electron chi connectivity index (χ2n) is 4.18. The smallest absolute Gasteiger partial charge is 0.152 e. The molecule has 0 saturated heterocycles. The highest BCUT2D eigenvalue weighted by atomic mass is 32.2. The van der Waals surface area contributed by atoms with Crippen molar-refractivity contribution in [2.75, 3.05) is 16.9 Å². The Labute approximate surface area is 97.6 Å². The molecule has 0 aliphatic carbocycles. The van der Waals surface area contributed by atoms with Crippen molar-refractivity contribution in [2.45, 2.75) is 33.7 Å². The fraction of sp³-hybridized carbons (Fsp3) is 0.636. The summed E-state index contributed by atoms with van der Waals surface area (Å²) in [5.41, 5.74) is 5.35. The summed E-state index contributed by atoms with van der Waals surface area (Å²) < 4.78 is 24.8. The summed E-state index contributed by atoms with van der Waals surface area (Å²) in [6.45, 7) is 7.53. The highest BCUT2D eigenvalue weighted by Gasteiger charge is 2.14. The molecular formula is C11H20N2O2S. The molecule has 0 radical (unpaired) electrons. The predicted molar refractivity (Wildman–Crippen MR) is 67.1 cm³/mol. The van der Waals surface area contributed by atoms with Gasteiger partial charge in [-0.3, -0.25) is 4.68 Å². The van der Waals surface area contributed by atoms with E-state index in [4.69, 9.17) is 0 Å². The van der Waals surface area contributed by atoms with E-state index in [-0.39, 0.29) is 17.5 Å². The molecule has 1 atom stereocenters. The van der Waals surface area contributed by atoms with Crippen LogP contribution in [0.1, 0.15) is 25.2 Å². The Kier molecular flexibility index (Phi) is 4.02. The van der Waals surface area contributed by atoms with Crippen molar-refractivity contribution in [2.24, 2.45) is 0 Å². The number of nitrogens with zero attached hydrogens (tertiary/aromatic N) is 1. The fourth-order valence-electron chi connectivity index (χ4n) is 1.63. The van der Waals surface area contributed by atoms with Gasteiger partial charge in [-0.1, -0.05) is 6.92 Å². The van der Waals surface area contributed by atoms with Crippen LogP contribution >= 0.6 is 0 Å². The zero-order valence-corrected chi connectivity index (χ0v) is 11.1. The first-order chi connectivity index (χ1) is 7.35. The largest absolute Gasteiger partial charge is 0.322 e. The summed E-state index contributed by atoms with van der Waals surface area (Å²) in [5, 5.41) is 0. The number of hydrogen-bond acceptors (Lipinski definition) is 3. The van der Waals surface area contributed by atoms with Crippen LogP contribution in [0, 0.1) is 13.8 Å². The summed E-state index contributed by atoms with van der Waals surface area (Å²) in [6, 6.07) is 3.92. The van der Waals surface area contributed by atoms with Crippen molar-refractivity contribution in [3.8, 4) is 0 Å². The monoisotopic (exact) mass is 244 g/mol. The van der Waals surface area contributed by atoms with E-state index in [2.05, 4.69) is 5.43 Å². The van der Waals surface area contributed by atoms with Crippen LogP contribution in [0.2, 0.25) is 0 Å². The first-order valence-corrected chi connectivity index (χ1v) is 7.29. The van der Waals surface area contributed by atoms with Gasteiger partial charge in [-0.05, 0) is 32.9 Å². The molecule has 92 valence electrons. The van der Waals surface area contributed by atoms with E-state index in [1.54, 1.807) is 6.92 Å². The standard InChI is InChI=1S/C11H20N2O2S/c1-5-16(14,15)8-9(2)12-13-10(3)6-7-11(13)4/h6-7,9,12H,5,8H2,1-4H3. The number of aryl methyl sites for hydroxylation is 2. The normalized spacial score (nSPS) is 13.8. The zero-order chi connectivity index (χ0) is 12.3. The second-order valence-corrected chi connectivity index (χ2v) is 6.58. The third-order valence-electron chi connectivity index (χ3n) is 2.56. The average molecular weight is 244 g/mol. The molecule has 0 bridgehead atoms. The molecule has 1 aromatic heterocycles. The van der Waals surface area contributed by atoms with Crippen LogP contribution in [0.4, 0.5) is 0 Å². The van der Waals surface area contributed by atoms with Gasteiger partial charge in [-0.25, -0.2) is 8.42 Å². The lowest BCUT2D eigenvalue weighted by Crippen LogP contribution is -2.33. The van der Waals surface area contributed by atoms with E-state index in [9.17, 15) is 8.42 Å². The van der Waals surface area contributed by atoms with Crippen LogP contribution < -0.4 is 5.43 Å². The van der Waals surface area contributed by atoms with Crippen LogP contribution in [0.5, 0.6) is 0 Å². The van der Waals surface area contributed by atoms with Gasteiger partial charge in [0.25, 0.3) is 0 Å². The van der Waals surface area contributed by atoms with E-state index in [0.29, 0.717) is 0 Å². The molecule has 0 saturated carbocycles. The summed E-state index contributed by atoms with van der Waals surface area (Å²) in [5.74, 6) is 0.364. The van der Waals surface area contributed by atoms with Crippen LogP contribution in [-0.2, 0) is 9.84 Å². The van der Waals surface area contributed by atoms with Crippen LogP contribution in [0.15, 0.2) is 12.1 Å². The first-order valence-electron chi connectivity index (χ1n) is 5.47. The minimum Gasteiger partial charge on any atom is -0.322 e. The molecule has 0 aliphatic heterocycles. The quantitative estimate of drug-likeness (QED) is 0.853. The summed E-state index contributed by atoms with van der Waals surface area (Å²) >= 11 is 0. The van der Waals surface area contributed by atoms with E-state index in [1.165, 1.54) is 0 Å². The van der Waals surface area contributed by atoms with Gasteiger partial charge in [-0.15, -0.1) is 0 Å². The molecule has 1 aromatic rings. The van der Waals surface area contributed by atoms with Gasteiger partial charge in [0.05, 0.1) is 11.8 Å². The Morgan fingerprint density at radius 2 is 1.81 bits per heavy atom. The molecular weight excluding hydrogens is 224 g/mol. The molecule has 1 N–H and O–H groups in total. The molecule has 0 spiro atoms. The lowest BCUT2D eigenvalue weighted by Gasteiger charge is -2.19. The molecule has 5 heteroatoms. The average Bonchev–Trinajstić information content (AvgIpc) is 2.49. The molecule has 4 nitrogen and oxygen atoms in total. The van der Waals surface area contributed by atoms with Gasteiger partial charge in [0.2, 0.25) is 0 Å². The van der Waals surface area contributed by atoms with Crippen LogP contribution in [0.25, 0.3) is 0 Å². The van der Waals surface area contributed by atoms with E-state index >= 15 is 0 Å². The summed E-state index contributed by atoms with van der Waals surface area (Å²) in [7, 11) is -2.92. The molecule has 0 fully saturated rings. The van der Waals surface area contributed by atoms with Crippen LogP contribution in [-0.4, -0.2) is 30.6 Å². The number of sulfone groups is 1. The Bertz CT molecular complexity index is 429. The summed E-state index contributed by atoms with van der Waals surface area (Å²) in [4.78, 5) is 0. The maximum Gasteiger partial charge on any atom is 0.152 e. The van der Waals surface area contributed by atoms with Gasteiger partial charge >= 0.3 is 0 Å². The number of nitrogens with one attached hydrogen (secondary N) is 1. The highest BCUT2D eigenvalue weighted by Crippen LogP contribution is 2.06. The topological polar surface area (TPSA) is 51.1 Å². The van der Waals surface area contributed by atoms with E-state index < -0.39 is 9.84 Å². The van der Waals surface area contributed by atoms with Gasteiger partial charge in [0.1, 0.15) is 0 Å². The van der Waals surface area contributed by atoms with Gasteiger partial charge in [0, 0.05) is 17.1 Å². The Morgan fingerprint density at radius 1 is 1.31 bits per heavy atom. The van der Waals surface area contributed by atoms with E-state index in [1.807, 2.05) is 37.6 Å². The molecule has 16 heavy (non-hydrogen) atoms. The Hall–Kier alpha value is -0.970. The van der Waals surface area contributed by atoms with Crippen molar-refractivity contribution in [1.29, 1.82) is 0 Å². The molecule has 1 rings (SSSR count). The highest BCUT2D eigenvalue weighted by molar-refractivity contribution is 7.91. The minimum atomic E-state index is -2.92. The zero-order valence-electron chi connectivity index (χ0n) is 10.3. The third-order valence-corrected chi connectivity index (χ3v) is 4.45. The van der Waals surface area contributed by atoms with Crippen molar-refractivity contribution in [3.63, 3.8) is 0 Å². The minimum absolute atomic E-state index is 0.0882. The maximum absolute atomic E-state index is 11.5. The molecule has 0 amide bonds. The van der Waals surface area contributed by atoms with E-state index in [0.717, 1.165) is 11.4 Å². The lowest BCUT2D eigenvalue weighted by atomic mass is 10.4. The van der Waals surface area contributed by atoms with Crippen LogP contribution in [0.3, 0.4) is 0 Å². The summed E-state index contributed by atoms with van der Waals surface area (Å²) in [6.07, 6.45) is 0. The second kappa shape index (κ2) is 4.91. The lowest BCUT2D eigenvalue weighted by molar-refractivity contribution is 0.588. The van der Waals surface area contributed by atoms with Crippen molar-refractivity contribution in [3.05, 3.63) is 23.5 Å². The number of rotatable bonds is 5. The predicted octanol–water partition coefficient (Wildman–Crippen LogP) is 1.47.